The zero-order valence-electron chi connectivity index (χ0n) is 25.9. The van der Waals surface area contributed by atoms with Gasteiger partial charge in [-0.3, -0.25) is 29.0 Å². The quantitative estimate of drug-likeness (QED) is 0.373. The third-order valence-corrected chi connectivity index (χ3v) is 12.0. The molecule has 5 rings (SSSR count). The van der Waals surface area contributed by atoms with Crippen LogP contribution in [-0.4, -0.2) is 86.0 Å². The molecule has 1 aliphatic heterocycles. The van der Waals surface area contributed by atoms with E-state index in [2.05, 4.69) is 20.8 Å². The second-order valence-electron chi connectivity index (χ2n) is 14.1. The van der Waals surface area contributed by atoms with Gasteiger partial charge in [0.05, 0.1) is 13.1 Å². The van der Waals surface area contributed by atoms with Crippen LogP contribution in [0.15, 0.2) is 0 Å². The number of carbonyl (C=O) groups excluding carboxylic acids is 5. The van der Waals surface area contributed by atoms with E-state index in [9.17, 15) is 24.0 Å². The summed E-state index contributed by atoms with van der Waals surface area (Å²) in [4.78, 5) is 68.4. The van der Waals surface area contributed by atoms with E-state index in [4.69, 9.17) is 14.2 Å². The molecule has 4 saturated carbocycles. The molecule has 0 N–H and O–H groups in total. The van der Waals surface area contributed by atoms with Gasteiger partial charge in [-0.05, 0) is 60.7 Å². The van der Waals surface area contributed by atoms with Crippen molar-refractivity contribution < 1.29 is 38.2 Å². The highest BCUT2D eigenvalue weighted by Crippen LogP contribution is 2.66. The van der Waals surface area contributed by atoms with Crippen molar-refractivity contribution in [3.8, 4) is 0 Å². The number of Topliss-reactive ketones (excluding diaryl/α,β-unsaturated/α-hetero) is 3. The van der Waals surface area contributed by atoms with Crippen LogP contribution in [0.4, 0.5) is 4.79 Å². The van der Waals surface area contributed by atoms with Crippen molar-refractivity contribution in [1.82, 2.24) is 9.80 Å². The van der Waals surface area contributed by atoms with Crippen LogP contribution in [0.3, 0.4) is 0 Å². The Hall–Kier alpha value is -2.33. The van der Waals surface area contributed by atoms with Gasteiger partial charge < -0.3 is 14.2 Å². The average Bonchev–Trinajstić information content (AvgIpc) is 3.30. The molecule has 0 radical (unpaired) electrons. The summed E-state index contributed by atoms with van der Waals surface area (Å²) in [6.45, 7) is 7.16. The summed E-state index contributed by atoms with van der Waals surface area (Å²) in [6.07, 6.45) is 4.77. The van der Waals surface area contributed by atoms with Crippen molar-refractivity contribution >= 4 is 29.4 Å². The van der Waals surface area contributed by atoms with E-state index < -0.39 is 11.5 Å². The molecule has 0 aromatic carbocycles. The minimum absolute atomic E-state index is 0.0316. The zero-order chi connectivity index (χ0) is 30.4. The number of rotatable bonds is 9. The normalized spacial score (nSPS) is 37.8. The standard InChI is InChI=1S/C32H48N2O8/c1-19(6-9-28(38)42-22-15-33(17-40-4)30(39)34(16-22)18-41-5)23-7-8-24-29-25(14-27(37)32(23,24)3)31(2)11-10-21(35)12-20(31)13-26(29)36/h19-20,22-25,29H,6-18H2,1-5H3/t19-,20+,23-,24+,25+,29+,31+,32-/m1/s1. The monoisotopic (exact) mass is 588 g/mol. The Kier molecular flexibility index (Phi) is 8.87. The number of ketones is 3. The molecule has 2 amide bonds. The van der Waals surface area contributed by atoms with Crippen molar-refractivity contribution in [3.05, 3.63) is 0 Å². The van der Waals surface area contributed by atoms with Crippen molar-refractivity contribution in [2.24, 2.45) is 46.3 Å². The van der Waals surface area contributed by atoms with Crippen LogP contribution in [-0.2, 0) is 33.4 Å². The van der Waals surface area contributed by atoms with Gasteiger partial charge in [-0.2, -0.15) is 0 Å². The molecule has 5 aliphatic rings. The Labute approximate surface area is 249 Å². The van der Waals surface area contributed by atoms with E-state index in [0.29, 0.717) is 32.1 Å². The molecule has 0 aromatic rings. The Bertz CT molecular complexity index is 1090. The summed E-state index contributed by atoms with van der Waals surface area (Å²) < 4.78 is 16.1. The number of hydrogen-bond donors (Lipinski definition) is 0. The first kappa shape index (κ1) is 31.1. The van der Waals surface area contributed by atoms with E-state index in [-0.39, 0.29) is 103 Å². The maximum Gasteiger partial charge on any atom is 0.323 e. The van der Waals surface area contributed by atoms with Crippen molar-refractivity contribution in [2.45, 2.75) is 84.7 Å². The lowest BCUT2D eigenvalue weighted by Gasteiger charge is -2.58. The first-order valence-corrected chi connectivity index (χ1v) is 15.7. The smallest absolute Gasteiger partial charge is 0.323 e. The van der Waals surface area contributed by atoms with E-state index in [1.807, 2.05) is 0 Å². The fourth-order valence-corrected chi connectivity index (χ4v) is 9.69. The van der Waals surface area contributed by atoms with Gasteiger partial charge in [0.2, 0.25) is 0 Å². The van der Waals surface area contributed by atoms with Crippen LogP contribution in [0, 0.1) is 46.3 Å². The minimum Gasteiger partial charge on any atom is -0.459 e. The highest BCUT2D eigenvalue weighted by Gasteiger charge is 2.66. The maximum atomic E-state index is 14.0. The number of nitrogens with zero attached hydrogens (tertiary/aromatic N) is 2. The molecule has 0 aromatic heterocycles. The highest BCUT2D eigenvalue weighted by molar-refractivity contribution is 5.93. The molecule has 1 heterocycles. The third-order valence-electron chi connectivity index (χ3n) is 12.0. The summed E-state index contributed by atoms with van der Waals surface area (Å²) >= 11 is 0. The zero-order valence-corrected chi connectivity index (χ0v) is 25.9. The van der Waals surface area contributed by atoms with Crippen LogP contribution < -0.4 is 0 Å². The largest absolute Gasteiger partial charge is 0.459 e. The average molecular weight is 589 g/mol. The number of fused-ring (bicyclic) bond motifs is 5. The number of carbonyl (C=O) groups is 5. The van der Waals surface area contributed by atoms with Gasteiger partial charge in [0.15, 0.2) is 0 Å². The predicted molar refractivity (Wildman–Crippen MR) is 152 cm³/mol. The van der Waals surface area contributed by atoms with E-state index in [0.717, 1.165) is 19.3 Å². The van der Waals surface area contributed by atoms with Gasteiger partial charge >= 0.3 is 12.0 Å². The number of methoxy groups -OCH3 is 2. The number of hydrogen-bond acceptors (Lipinski definition) is 8. The molecular formula is C32H48N2O8. The summed E-state index contributed by atoms with van der Waals surface area (Å²) in [5, 5.41) is 0. The Morgan fingerprint density at radius 1 is 0.952 bits per heavy atom. The molecule has 10 nitrogen and oxygen atoms in total. The first-order chi connectivity index (χ1) is 19.9. The number of ether oxygens (including phenoxy) is 3. The summed E-state index contributed by atoms with van der Waals surface area (Å²) in [6, 6.07) is -0.221. The third kappa shape index (κ3) is 5.31. The van der Waals surface area contributed by atoms with Gasteiger partial charge in [-0.1, -0.05) is 20.8 Å². The van der Waals surface area contributed by atoms with Crippen LogP contribution in [0.1, 0.15) is 78.6 Å². The molecule has 0 bridgehead atoms. The highest BCUT2D eigenvalue weighted by atomic mass is 16.5. The Morgan fingerprint density at radius 3 is 2.26 bits per heavy atom. The summed E-state index contributed by atoms with van der Waals surface area (Å²) in [5.41, 5.74) is -0.697. The van der Waals surface area contributed by atoms with E-state index in [1.165, 1.54) is 24.0 Å². The molecular weight excluding hydrogens is 540 g/mol. The molecule has 0 unspecified atom stereocenters. The number of esters is 1. The van der Waals surface area contributed by atoms with Gasteiger partial charge in [-0.15, -0.1) is 0 Å². The molecule has 234 valence electrons. The van der Waals surface area contributed by atoms with Gasteiger partial charge in [-0.25, -0.2) is 4.79 Å². The summed E-state index contributed by atoms with van der Waals surface area (Å²) in [5.74, 6) is 0.699. The molecule has 8 atom stereocenters. The maximum absolute atomic E-state index is 14.0. The molecule has 5 fully saturated rings. The van der Waals surface area contributed by atoms with Gasteiger partial charge in [0, 0.05) is 57.7 Å². The van der Waals surface area contributed by atoms with E-state index >= 15 is 0 Å². The second-order valence-corrected chi connectivity index (χ2v) is 14.1. The topological polar surface area (TPSA) is 120 Å². The minimum atomic E-state index is -0.571. The van der Waals surface area contributed by atoms with Crippen molar-refractivity contribution in [1.29, 1.82) is 0 Å². The van der Waals surface area contributed by atoms with Crippen molar-refractivity contribution in [2.75, 3.05) is 40.8 Å². The van der Waals surface area contributed by atoms with Gasteiger partial charge in [0.25, 0.3) is 0 Å². The molecule has 1 saturated heterocycles. The lowest BCUT2D eigenvalue weighted by molar-refractivity contribution is -0.166. The molecule has 4 aliphatic carbocycles. The van der Waals surface area contributed by atoms with Crippen LogP contribution >= 0.6 is 0 Å². The molecule has 10 heteroatoms. The summed E-state index contributed by atoms with van der Waals surface area (Å²) in [7, 11) is 3.02. The fourth-order valence-electron chi connectivity index (χ4n) is 9.69. The van der Waals surface area contributed by atoms with E-state index in [1.54, 1.807) is 0 Å². The van der Waals surface area contributed by atoms with Crippen molar-refractivity contribution in [3.63, 3.8) is 0 Å². The fraction of sp³-hybridized carbons (Fsp3) is 0.844. The second kappa shape index (κ2) is 12.0. The van der Waals surface area contributed by atoms with Gasteiger partial charge in [0.1, 0.15) is 36.9 Å². The first-order valence-electron chi connectivity index (χ1n) is 15.7. The number of urea groups is 1. The lowest BCUT2D eigenvalue weighted by Crippen LogP contribution is -2.60. The van der Waals surface area contributed by atoms with Crippen LogP contribution in [0.2, 0.25) is 0 Å². The Morgan fingerprint density at radius 2 is 1.62 bits per heavy atom. The number of amides is 2. The van der Waals surface area contributed by atoms with Crippen LogP contribution in [0.25, 0.3) is 0 Å². The molecule has 42 heavy (non-hydrogen) atoms. The Balaban J connectivity index is 1.22. The predicted octanol–water partition coefficient (Wildman–Crippen LogP) is 3.85. The lowest BCUT2D eigenvalue weighted by atomic mass is 9.44. The van der Waals surface area contributed by atoms with Crippen LogP contribution in [0.5, 0.6) is 0 Å². The molecule has 0 spiro atoms. The SMILES string of the molecule is COCN1CC(OC(=O)CC[C@@H](C)[C@H]2CC[C@H]3[C@@H]4C(=O)C[C@@H]5CC(=O)CC[C@]5(C)[C@H]4CC(=O)[C@]23C)CN(COC)C1=O.